The first-order chi connectivity index (χ1) is 10.3. The van der Waals surface area contributed by atoms with Gasteiger partial charge in [-0.05, 0) is 25.0 Å². The predicted octanol–water partition coefficient (Wildman–Crippen LogP) is 3.01. The highest BCUT2D eigenvalue weighted by molar-refractivity contribution is 5.91. The van der Waals surface area contributed by atoms with Crippen LogP contribution >= 0.6 is 0 Å². The summed E-state index contributed by atoms with van der Waals surface area (Å²) < 4.78 is 5.46. The van der Waals surface area contributed by atoms with E-state index in [4.69, 9.17) is 10.3 Å². The van der Waals surface area contributed by atoms with Crippen LogP contribution in [0.5, 0.6) is 0 Å². The number of benzene rings is 1. The van der Waals surface area contributed by atoms with Gasteiger partial charge < -0.3 is 10.3 Å². The first kappa shape index (κ1) is 12.5. The van der Waals surface area contributed by atoms with Gasteiger partial charge in [-0.15, -0.1) is 0 Å². The SMILES string of the molecule is NC1(c2noc(-c3cccc4cccnc34)n2)CCCC1. The van der Waals surface area contributed by atoms with Crippen molar-refractivity contribution in [2.75, 3.05) is 0 Å². The van der Waals surface area contributed by atoms with Gasteiger partial charge >= 0.3 is 0 Å². The first-order valence-corrected chi connectivity index (χ1v) is 7.23. The first-order valence-electron chi connectivity index (χ1n) is 7.23. The third-order valence-electron chi connectivity index (χ3n) is 4.23. The monoisotopic (exact) mass is 280 g/mol. The van der Waals surface area contributed by atoms with E-state index >= 15 is 0 Å². The summed E-state index contributed by atoms with van der Waals surface area (Å²) >= 11 is 0. The van der Waals surface area contributed by atoms with Gasteiger partial charge in [-0.25, -0.2) is 0 Å². The third-order valence-corrected chi connectivity index (χ3v) is 4.23. The molecule has 0 unspecified atom stereocenters. The van der Waals surface area contributed by atoms with E-state index in [1.165, 1.54) is 0 Å². The summed E-state index contributed by atoms with van der Waals surface area (Å²) in [5, 5.41) is 5.17. The molecule has 1 aliphatic rings. The topological polar surface area (TPSA) is 77.8 Å². The molecule has 0 radical (unpaired) electrons. The van der Waals surface area contributed by atoms with Crippen molar-refractivity contribution in [3.63, 3.8) is 0 Å². The lowest BCUT2D eigenvalue weighted by Crippen LogP contribution is -2.34. The fourth-order valence-corrected chi connectivity index (χ4v) is 3.04. The standard InChI is InChI=1S/C16H16N4O/c17-16(8-1-2-9-16)15-19-14(21-20-15)12-7-3-5-11-6-4-10-18-13(11)12/h3-7,10H,1-2,8-9,17H2. The molecule has 1 fully saturated rings. The molecule has 2 aromatic heterocycles. The van der Waals surface area contributed by atoms with Gasteiger partial charge in [-0.2, -0.15) is 4.98 Å². The van der Waals surface area contributed by atoms with E-state index in [0.717, 1.165) is 42.1 Å². The van der Waals surface area contributed by atoms with Gasteiger partial charge in [0.1, 0.15) is 0 Å². The van der Waals surface area contributed by atoms with Gasteiger partial charge in [0.25, 0.3) is 5.89 Å². The van der Waals surface area contributed by atoms with Crippen LogP contribution in [0.4, 0.5) is 0 Å². The minimum atomic E-state index is -0.431. The number of hydrogen-bond acceptors (Lipinski definition) is 5. The molecule has 5 heteroatoms. The van der Waals surface area contributed by atoms with Gasteiger partial charge in [0.05, 0.1) is 16.6 Å². The van der Waals surface area contributed by atoms with Crippen LogP contribution in [0.3, 0.4) is 0 Å². The van der Waals surface area contributed by atoms with Crippen molar-refractivity contribution in [1.29, 1.82) is 0 Å². The van der Waals surface area contributed by atoms with Gasteiger partial charge in [0.15, 0.2) is 5.82 Å². The molecule has 1 aliphatic carbocycles. The van der Waals surface area contributed by atoms with Crippen molar-refractivity contribution >= 4 is 10.9 Å². The Morgan fingerprint density at radius 2 is 1.90 bits per heavy atom. The van der Waals surface area contributed by atoms with Crippen LogP contribution in [0.15, 0.2) is 41.1 Å². The second kappa shape index (κ2) is 4.63. The Bertz CT molecular complexity index is 784. The number of aromatic nitrogens is 3. The molecule has 4 rings (SSSR count). The Hall–Kier alpha value is -2.27. The molecule has 0 amide bonds. The maximum atomic E-state index is 6.38. The van der Waals surface area contributed by atoms with E-state index in [9.17, 15) is 0 Å². The highest BCUT2D eigenvalue weighted by atomic mass is 16.5. The summed E-state index contributed by atoms with van der Waals surface area (Å²) in [4.78, 5) is 8.96. The van der Waals surface area contributed by atoms with Crippen molar-refractivity contribution < 1.29 is 4.52 Å². The number of hydrogen-bond donors (Lipinski definition) is 1. The Morgan fingerprint density at radius 1 is 1.10 bits per heavy atom. The van der Waals surface area contributed by atoms with Crippen LogP contribution in [0.1, 0.15) is 31.5 Å². The Kier molecular flexibility index (Phi) is 2.75. The van der Waals surface area contributed by atoms with Crippen LogP contribution in [0.25, 0.3) is 22.4 Å². The van der Waals surface area contributed by atoms with E-state index in [1.54, 1.807) is 6.20 Å². The van der Waals surface area contributed by atoms with Gasteiger partial charge in [0, 0.05) is 11.6 Å². The largest absolute Gasteiger partial charge is 0.334 e. The molecule has 3 aromatic rings. The van der Waals surface area contributed by atoms with Crippen LogP contribution in [-0.4, -0.2) is 15.1 Å². The molecular formula is C16H16N4O. The number of para-hydroxylation sites is 1. The molecular weight excluding hydrogens is 264 g/mol. The average Bonchev–Trinajstić information content (AvgIpc) is 3.16. The van der Waals surface area contributed by atoms with Crippen molar-refractivity contribution in [2.24, 2.45) is 5.73 Å². The van der Waals surface area contributed by atoms with Crippen molar-refractivity contribution in [3.8, 4) is 11.5 Å². The molecule has 21 heavy (non-hydrogen) atoms. The van der Waals surface area contributed by atoms with E-state index in [0.29, 0.717) is 11.7 Å². The third kappa shape index (κ3) is 2.01. The van der Waals surface area contributed by atoms with Crippen molar-refractivity contribution in [1.82, 2.24) is 15.1 Å². The van der Waals surface area contributed by atoms with E-state index in [1.807, 2.05) is 30.3 Å². The van der Waals surface area contributed by atoms with Gasteiger partial charge in [0.2, 0.25) is 0 Å². The summed E-state index contributed by atoms with van der Waals surface area (Å²) in [5.41, 5.74) is 7.68. The van der Waals surface area contributed by atoms with Crippen LogP contribution < -0.4 is 5.73 Å². The molecule has 1 saturated carbocycles. The zero-order chi connectivity index (χ0) is 14.3. The summed E-state index contributed by atoms with van der Waals surface area (Å²) in [6.45, 7) is 0. The van der Waals surface area contributed by atoms with Crippen LogP contribution in [0, 0.1) is 0 Å². The molecule has 5 nitrogen and oxygen atoms in total. The fraction of sp³-hybridized carbons (Fsp3) is 0.312. The summed E-state index contributed by atoms with van der Waals surface area (Å²) in [6, 6.07) is 9.87. The smallest absolute Gasteiger partial charge is 0.260 e. The minimum Gasteiger partial charge on any atom is -0.334 e. The molecule has 0 atom stereocenters. The number of pyridine rings is 1. The molecule has 106 valence electrons. The highest BCUT2D eigenvalue weighted by Crippen LogP contribution is 2.36. The maximum Gasteiger partial charge on any atom is 0.260 e. The van der Waals surface area contributed by atoms with Crippen molar-refractivity contribution in [3.05, 3.63) is 42.4 Å². The molecule has 2 N–H and O–H groups in total. The second-order valence-electron chi connectivity index (χ2n) is 5.67. The Balaban J connectivity index is 1.81. The molecule has 1 aromatic carbocycles. The van der Waals surface area contributed by atoms with E-state index in [-0.39, 0.29) is 0 Å². The van der Waals surface area contributed by atoms with Crippen LogP contribution in [-0.2, 0) is 5.54 Å². The second-order valence-corrected chi connectivity index (χ2v) is 5.67. The normalized spacial score (nSPS) is 17.4. The van der Waals surface area contributed by atoms with Gasteiger partial charge in [-0.3, -0.25) is 4.98 Å². The quantitative estimate of drug-likeness (QED) is 0.780. The van der Waals surface area contributed by atoms with Crippen LogP contribution in [0.2, 0.25) is 0 Å². The summed E-state index contributed by atoms with van der Waals surface area (Å²) in [5.74, 6) is 1.11. The Morgan fingerprint density at radius 3 is 2.76 bits per heavy atom. The zero-order valence-electron chi connectivity index (χ0n) is 11.6. The summed E-state index contributed by atoms with van der Waals surface area (Å²) in [7, 11) is 0. The molecule has 2 heterocycles. The van der Waals surface area contributed by atoms with Crippen molar-refractivity contribution in [2.45, 2.75) is 31.2 Å². The average molecular weight is 280 g/mol. The lowest BCUT2D eigenvalue weighted by molar-refractivity contribution is 0.373. The highest BCUT2D eigenvalue weighted by Gasteiger charge is 2.36. The molecule has 0 bridgehead atoms. The minimum absolute atomic E-state index is 0.431. The number of nitrogens with zero attached hydrogens (tertiary/aromatic N) is 3. The lowest BCUT2D eigenvalue weighted by Gasteiger charge is -2.17. The molecule has 0 saturated heterocycles. The van der Waals surface area contributed by atoms with E-state index in [2.05, 4.69) is 15.1 Å². The van der Waals surface area contributed by atoms with Gasteiger partial charge in [-0.1, -0.05) is 36.2 Å². The number of rotatable bonds is 2. The Labute approximate surface area is 122 Å². The predicted molar refractivity (Wildman–Crippen MR) is 79.4 cm³/mol. The zero-order valence-corrected chi connectivity index (χ0v) is 11.6. The number of nitrogens with two attached hydrogens (primary N) is 1. The van der Waals surface area contributed by atoms with E-state index < -0.39 is 5.54 Å². The fourth-order valence-electron chi connectivity index (χ4n) is 3.04. The lowest BCUT2D eigenvalue weighted by atomic mass is 9.98. The number of fused-ring (bicyclic) bond motifs is 1. The molecule has 0 aliphatic heterocycles. The maximum absolute atomic E-state index is 6.38. The molecule has 0 spiro atoms. The summed E-state index contributed by atoms with van der Waals surface area (Å²) in [6.07, 6.45) is 5.84.